The summed E-state index contributed by atoms with van der Waals surface area (Å²) in [4.78, 5) is 23.2. The van der Waals surface area contributed by atoms with Gasteiger partial charge in [0.05, 0.1) is 5.75 Å². The van der Waals surface area contributed by atoms with Gasteiger partial charge in [-0.3, -0.25) is 10.2 Å². The minimum atomic E-state index is -4.63. The number of halogens is 3. The van der Waals surface area contributed by atoms with Gasteiger partial charge in [-0.2, -0.15) is 13.2 Å². The fraction of sp³-hybridized carbons (Fsp3) is 0.231. The van der Waals surface area contributed by atoms with Gasteiger partial charge in [0.25, 0.3) is 0 Å². The standard InChI is InChI=1S/C13H13F3N6O2S/c1-22-10(13(14,15)16)19-21-12(22)25-7-9(23)18-20-11(24)17-8-5-3-2-4-6-8/h2-6H,7H2,1H3,(H,18,23)(H2,17,20,24). The maximum atomic E-state index is 12.6. The van der Waals surface area contributed by atoms with Crippen LogP contribution >= 0.6 is 11.8 Å². The van der Waals surface area contributed by atoms with E-state index in [9.17, 15) is 22.8 Å². The lowest BCUT2D eigenvalue weighted by Crippen LogP contribution is -2.44. The number of hydrogen-bond donors (Lipinski definition) is 3. The van der Waals surface area contributed by atoms with Crippen molar-refractivity contribution in [3.63, 3.8) is 0 Å². The molecular formula is C13H13F3N6O2S. The normalized spacial score (nSPS) is 11.0. The van der Waals surface area contributed by atoms with Crippen LogP contribution in [0.1, 0.15) is 5.82 Å². The van der Waals surface area contributed by atoms with Crippen LogP contribution in [0.2, 0.25) is 0 Å². The van der Waals surface area contributed by atoms with Crippen molar-refractivity contribution >= 4 is 29.4 Å². The van der Waals surface area contributed by atoms with Gasteiger partial charge in [0.1, 0.15) is 0 Å². The Hall–Kier alpha value is -2.76. The molecule has 0 spiro atoms. The summed E-state index contributed by atoms with van der Waals surface area (Å²) >= 11 is 0.753. The van der Waals surface area contributed by atoms with Crippen LogP contribution in [0.4, 0.5) is 23.7 Å². The number of hydrogen-bond acceptors (Lipinski definition) is 5. The molecule has 12 heteroatoms. The zero-order valence-corrected chi connectivity index (χ0v) is 13.6. The predicted molar refractivity (Wildman–Crippen MR) is 83.5 cm³/mol. The zero-order chi connectivity index (χ0) is 18.4. The van der Waals surface area contributed by atoms with Crippen molar-refractivity contribution < 1.29 is 22.8 Å². The van der Waals surface area contributed by atoms with Crippen LogP contribution < -0.4 is 16.2 Å². The molecule has 0 aliphatic rings. The second-order valence-electron chi connectivity index (χ2n) is 4.64. The molecule has 3 N–H and O–H groups in total. The molecular weight excluding hydrogens is 361 g/mol. The van der Waals surface area contributed by atoms with E-state index in [-0.39, 0.29) is 10.9 Å². The van der Waals surface area contributed by atoms with E-state index in [0.717, 1.165) is 23.4 Å². The van der Waals surface area contributed by atoms with Crippen LogP contribution in [-0.4, -0.2) is 32.5 Å². The molecule has 0 saturated heterocycles. The molecule has 25 heavy (non-hydrogen) atoms. The van der Waals surface area contributed by atoms with E-state index >= 15 is 0 Å². The van der Waals surface area contributed by atoms with Crippen LogP contribution in [-0.2, 0) is 18.0 Å². The SMILES string of the molecule is Cn1c(SCC(=O)NNC(=O)Nc2ccccc2)nnc1C(F)(F)F. The lowest BCUT2D eigenvalue weighted by molar-refractivity contribution is -0.147. The highest BCUT2D eigenvalue weighted by Gasteiger charge is 2.37. The van der Waals surface area contributed by atoms with Crippen molar-refractivity contribution in [2.45, 2.75) is 11.3 Å². The van der Waals surface area contributed by atoms with Crippen LogP contribution in [0.25, 0.3) is 0 Å². The van der Waals surface area contributed by atoms with Gasteiger partial charge < -0.3 is 9.88 Å². The van der Waals surface area contributed by atoms with Gasteiger partial charge in [-0.15, -0.1) is 10.2 Å². The molecule has 8 nitrogen and oxygen atoms in total. The molecule has 2 aromatic rings. The predicted octanol–water partition coefficient (Wildman–Crippen LogP) is 1.78. The Morgan fingerprint density at radius 1 is 1.16 bits per heavy atom. The van der Waals surface area contributed by atoms with Gasteiger partial charge >= 0.3 is 12.2 Å². The van der Waals surface area contributed by atoms with Crippen molar-refractivity contribution in [3.8, 4) is 0 Å². The minimum absolute atomic E-state index is 0.0730. The first-order valence-corrected chi connectivity index (χ1v) is 7.76. The molecule has 0 bridgehead atoms. The van der Waals surface area contributed by atoms with Crippen molar-refractivity contribution in [1.82, 2.24) is 25.6 Å². The number of anilines is 1. The molecule has 0 saturated carbocycles. The molecule has 2 rings (SSSR count). The Morgan fingerprint density at radius 3 is 2.44 bits per heavy atom. The molecule has 0 fully saturated rings. The summed E-state index contributed by atoms with van der Waals surface area (Å²) in [6.07, 6.45) is -4.63. The number of carbonyl (C=O) groups excluding carboxylic acids is 2. The number of urea groups is 1. The molecule has 1 aromatic heterocycles. The number of hydrazine groups is 1. The van der Waals surface area contributed by atoms with E-state index in [1.807, 2.05) is 0 Å². The lowest BCUT2D eigenvalue weighted by atomic mass is 10.3. The number of carbonyl (C=O) groups is 2. The summed E-state index contributed by atoms with van der Waals surface area (Å²) in [5, 5.41) is 8.83. The number of alkyl halides is 3. The first-order valence-electron chi connectivity index (χ1n) is 6.77. The third-order valence-corrected chi connectivity index (χ3v) is 3.79. The highest BCUT2D eigenvalue weighted by Crippen LogP contribution is 2.29. The molecule has 0 aliphatic heterocycles. The van der Waals surface area contributed by atoms with Gasteiger partial charge in [-0.05, 0) is 12.1 Å². The highest BCUT2D eigenvalue weighted by atomic mass is 32.2. The number of nitrogens with zero attached hydrogens (tertiary/aromatic N) is 3. The maximum absolute atomic E-state index is 12.6. The van der Waals surface area contributed by atoms with Gasteiger partial charge in [-0.25, -0.2) is 10.2 Å². The summed E-state index contributed by atoms with van der Waals surface area (Å²) < 4.78 is 38.5. The molecule has 0 aliphatic carbocycles. The summed E-state index contributed by atoms with van der Waals surface area (Å²) in [7, 11) is 1.15. The number of benzene rings is 1. The van der Waals surface area contributed by atoms with Crippen molar-refractivity contribution in [1.29, 1.82) is 0 Å². The Balaban J connectivity index is 1.78. The summed E-state index contributed by atoms with van der Waals surface area (Å²) in [5.41, 5.74) is 4.78. The maximum Gasteiger partial charge on any atom is 0.451 e. The molecule has 0 atom stereocenters. The fourth-order valence-corrected chi connectivity index (χ4v) is 2.37. The Labute approximate surface area is 144 Å². The lowest BCUT2D eigenvalue weighted by Gasteiger charge is -2.09. The van der Waals surface area contributed by atoms with Crippen LogP contribution in [0.15, 0.2) is 35.5 Å². The molecule has 134 valence electrons. The van der Waals surface area contributed by atoms with Gasteiger partial charge in [0.15, 0.2) is 5.16 Å². The Morgan fingerprint density at radius 2 is 1.84 bits per heavy atom. The number of para-hydroxylation sites is 1. The molecule has 1 aromatic carbocycles. The highest BCUT2D eigenvalue weighted by molar-refractivity contribution is 7.99. The van der Waals surface area contributed by atoms with E-state index in [2.05, 4.69) is 26.4 Å². The molecule has 1 heterocycles. The van der Waals surface area contributed by atoms with E-state index in [1.165, 1.54) is 0 Å². The second-order valence-corrected chi connectivity index (χ2v) is 5.59. The number of rotatable bonds is 4. The van der Waals surface area contributed by atoms with Crippen molar-refractivity contribution in [2.24, 2.45) is 7.05 Å². The largest absolute Gasteiger partial charge is 0.451 e. The van der Waals surface area contributed by atoms with E-state index in [4.69, 9.17) is 0 Å². The molecule has 0 radical (unpaired) electrons. The van der Waals surface area contributed by atoms with Crippen LogP contribution in [0, 0.1) is 0 Å². The zero-order valence-electron chi connectivity index (χ0n) is 12.8. The van der Waals surface area contributed by atoms with Crippen LogP contribution in [0.5, 0.6) is 0 Å². The number of thioether (sulfide) groups is 1. The van der Waals surface area contributed by atoms with Gasteiger partial charge in [0, 0.05) is 12.7 Å². The smallest absolute Gasteiger partial charge is 0.307 e. The molecule has 0 unspecified atom stereocenters. The van der Waals surface area contributed by atoms with Gasteiger partial charge in [-0.1, -0.05) is 30.0 Å². The number of nitrogens with one attached hydrogen (secondary N) is 3. The van der Waals surface area contributed by atoms with Crippen LogP contribution in [0.3, 0.4) is 0 Å². The monoisotopic (exact) mass is 374 g/mol. The fourth-order valence-electron chi connectivity index (χ4n) is 1.66. The third kappa shape index (κ3) is 5.38. The van der Waals surface area contributed by atoms with E-state index in [1.54, 1.807) is 30.3 Å². The van der Waals surface area contributed by atoms with E-state index < -0.39 is 23.9 Å². The minimum Gasteiger partial charge on any atom is -0.307 e. The molecule has 3 amide bonds. The van der Waals surface area contributed by atoms with Crippen molar-refractivity contribution in [3.05, 3.63) is 36.2 Å². The summed E-state index contributed by atoms with van der Waals surface area (Å²) in [6, 6.07) is 7.87. The third-order valence-electron chi connectivity index (χ3n) is 2.77. The van der Waals surface area contributed by atoms with E-state index in [0.29, 0.717) is 5.69 Å². The van der Waals surface area contributed by atoms with Gasteiger partial charge in [0.2, 0.25) is 11.7 Å². The Bertz CT molecular complexity index is 750. The first-order chi connectivity index (χ1) is 11.8. The summed E-state index contributed by atoms with van der Waals surface area (Å²) in [6.45, 7) is 0. The second kappa shape index (κ2) is 7.88. The number of aromatic nitrogens is 3. The topological polar surface area (TPSA) is 101 Å². The average molecular weight is 374 g/mol. The first kappa shape index (κ1) is 18.6. The summed E-state index contributed by atoms with van der Waals surface area (Å²) in [5.74, 6) is -2.03. The van der Waals surface area contributed by atoms with Crippen molar-refractivity contribution in [2.75, 3.05) is 11.1 Å². The average Bonchev–Trinajstić information content (AvgIpc) is 2.93. The Kier molecular flexibility index (Phi) is 5.85. The number of amides is 3. The quantitative estimate of drug-likeness (QED) is 0.559.